The van der Waals surface area contributed by atoms with Gasteiger partial charge in [-0.1, -0.05) is 6.07 Å². The van der Waals surface area contributed by atoms with E-state index in [9.17, 15) is 13.2 Å². The molecule has 2 rings (SSSR count). The summed E-state index contributed by atoms with van der Waals surface area (Å²) < 4.78 is 26.6. The van der Waals surface area contributed by atoms with Crippen molar-refractivity contribution in [3.8, 4) is 0 Å². The van der Waals surface area contributed by atoms with Crippen LogP contribution >= 0.6 is 0 Å². The van der Waals surface area contributed by atoms with Gasteiger partial charge in [0.05, 0.1) is 17.6 Å². The van der Waals surface area contributed by atoms with Crippen LogP contribution in [0.25, 0.3) is 6.08 Å². The molecule has 2 heterocycles. The second-order valence-corrected chi connectivity index (χ2v) is 5.73. The van der Waals surface area contributed by atoms with Crippen LogP contribution in [0.4, 0.5) is 5.82 Å². The Morgan fingerprint density at radius 3 is 2.81 bits per heavy atom. The number of hydrogen-bond donors (Lipinski definition) is 3. The van der Waals surface area contributed by atoms with Gasteiger partial charge in [-0.3, -0.25) is 9.82 Å². The van der Waals surface area contributed by atoms with Gasteiger partial charge >= 0.3 is 5.97 Å². The lowest BCUT2D eigenvalue weighted by atomic mass is 10.3. The highest BCUT2D eigenvalue weighted by Gasteiger charge is 2.19. The smallest absolute Gasteiger partial charge is 0.328 e. The zero-order valence-electron chi connectivity index (χ0n) is 10.9. The average Bonchev–Trinajstić information content (AvgIpc) is 2.83. The number of aryl methyl sites for hydroxylation is 1. The fourth-order valence-electron chi connectivity index (χ4n) is 1.56. The lowest BCUT2D eigenvalue weighted by molar-refractivity contribution is -0.131. The molecule has 3 N–H and O–H groups in total. The molecule has 0 aliphatic carbocycles. The number of anilines is 1. The van der Waals surface area contributed by atoms with Crippen LogP contribution in [0.3, 0.4) is 0 Å². The van der Waals surface area contributed by atoms with Crippen LogP contribution in [0.1, 0.15) is 11.4 Å². The SMILES string of the molecule is Cc1[nH]ncc1S(=O)(=O)Nc1cccc(C=CC(=O)O)n1. The molecule has 0 saturated carbocycles. The van der Waals surface area contributed by atoms with E-state index in [1.807, 2.05) is 0 Å². The molecule has 0 saturated heterocycles. The van der Waals surface area contributed by atoms with Gasteiger partial charge in [0, 0.05) is 6.08 Å². The summed E-state index contributed by atoms with van der Waals surface area (Å²) >= 11 is 0. The van der Waals surface area contributed by atoms with Gasteiger partial charge in [0.15, 0.2) is 0 Å². The van der Waals surface area contributed by atoms with E-state index in [1.54, 1.807) is 19.1 Å². The van der Waals surface area contributed by atoms with E-state index in [1.165, 1.54) is 18.3 Å². The van der Waals surface area contributed by atoms with E-state index >= 15 is 0 Å². The summed E-state index contributed by atoms with van der Waals surface area (Å²) in [6.45, 7) is 1.58. The number of pyridine rings is 1. The number of carboxylic acid groups (broad SMARTS) is 1. The van der Waals surface area contributed by atoms with E-state index in [0.717, 1.165) is 6.08 Å². The summed E-state index contributed by atoms with van der Waals surface area (Å²) in [4.78, 5) is 14.5. The van der Waals surface area contributed by atoms with E-state index in [2.05, 4.69) is 19.9 Å². The maximum absolute atomic E-state index is 12.1. The molecule has 2 aromatic rings. The van der Waals surface area contributed by atoms with Gasteiger partial charge < -0.3 is 5.11 Å². The largest absolute Gasteiger partial charge is 0.478 e. The van der Waals surface area contributed by atoms with Crippen molar-refractivity contribution < 1.29 is 18.3 Å². The Balaban J connectivity index is 2.26. The second kappa shape index (κ2) is 5.75. The van der Waals surface area contributed by atoms with Gasteiger partial charge in [-0.15, -0.1) is 0 Å². The lowest BCUT2D eigenvalue weighted by Crippen LogP contribution is -2.14. The predicted molar refractivity (Wildman–Crippen MR) is 75.0 cm³/mol. The Kier molecular flexibility index (Phi) is 4.03. The summed E-state index contributed by atoms with van der Waals surface area (Å²) in [5.74, 6) is -1.03. The minimum Gasteiger partial charge on any atom is -0.478 e. The lowest BCUT2D eigenvalue weighted by Gasteiger charge is -2.06. The average molecular weight is 308 g/mol. The summed E-state index contributed by atoms with van der Waals surface area (Å²) in [6.07, 6.45) is 3.38. The molecular weight excluding hydrogens is 296 g/mol. The second-order valence-electron chi connectivity index (χ2n) is 4.08. The minimum atomic E-state index is -3.80. The van der Waals surface area contributed by atoms with E-state index in [0.29, 0.717) is 11.4 Å². The van der Waals surface area contributed by atoms with Crippen molar-refractivity contribution in [1.29, 1.82) is 0 Å². The zero-order valence-corrected chi connectivity index (χ0v) is 11.8. The molecule has 2 aromatic heterocycles. The number of H-pyrrole nitrogens is 1. The van der Waals surface area contributed by atoms with Gasteiger partial charge in [-0.25, -0.2) is 18.2 Å². The van der Waals surface area contributed by atoms with Crippen molar-refractivity contribution in [3.05, 3.63) is 41.9 Å². The predicted octanol–water partition coefficient (Wildman–Crippen LogP) is 1.01. The van der Waals surface area contributed by atoms with Gasteiger partial charge in [-0.05, 0) is 25.1 Å². The van der Waals surface area contributed by atoms with Crippen LogP contribution < -0.4 is 4.72 Å². The van der Waals surface area contributed by atoms with Crippen LogP contribution in [-0.4, -0.2) is 34.7 Å². The number of carbonyl (C=O) groups is 1. The maximum atomic E-state index is 12.1. The Hall–Kier alpha value is -2.68. The first-order valence-electron chi connectivity index (χ1n) is 5.79. The number of nitrogens with one attached hydrogen (secondary N) is 2. The van der Waals surface area contributed by atoms with E-state index < -0.39 is 16.0 Å². The number of rotatable bonds is 5. The number of nitrogens with zero attached hydrogens (tertiary/aromatic N) is 2. The molecule has 21 heavy (non-hydrogen) atoms. The van der Waals surface area contributed by atoms with Crippen LogP contribution in [0, 0.1) is 6.92 Å². The molecule has 0 bridgehead atoms. The molecule has 0 aliphatic heterocycles. The molecule has 0 amide bonds. The highest BCUT2D eigenvalue weighted by molar-refractivity contribution is 7.92. The Morgan fingerprint density at radius 2 is 2.19 bits per heavy atom. The number of aromatic amines is 1. The molecule has 0 aromatic carbocycles. The van der Waals surface area contributed by atoms with Crippen molar-refractivity contribution >= 4 is 27.9 Å². The quantitative estimate of drug-likeness (QED) is 0.708. The molecule has 110 valence electrons. The van der Waals surface area contributed by atoms with Crippen molar-refractivity contribution in [2.45, 2.75) is 11.8 Å². The van der Waals surface area contributed by atoms with Gasteiger partial charge in [-0.2, -0.15) is 5.10 Å². The first-order chi connectivity index (χ1) is 9.88. The molecule has 0 spiro atoms. The van der Waals surface area contributed by atoms with E-state index in [4.69, 9.17) is 5.11 Å². The van der Waals surface area contributed by atoms with Gasteiger partial charge in [0.25, 0.3) is 10.0 Å². The summed E-state index contributed by atoms with van der Waals surface area (Å²) in [6, 6.07) is 4.58. The summed E-state index contributed by atoms with van der Waals surface area (Å²) in [5.41, 5.74) is 0.728. The standard InChI is InChI=1S/C12H12N4O4S/c1-8-10(7-13-15-8)21(19,20)16-11-4-2-3-9(14-11)5-6-12(17)18/h2-7H,1H3,(H,13,15)(H,14,16)(H,17,18). The van der Waals surface area contributed by atoms with Crippen LogP contribution in [0.15, 0.2) is 35.4 Å². The number of carboxylic acids is 1. The molecule has 0 aliphatic rings. The van der Waals surface area contributed by atoms with Crippen molar-refractivity contribution in [3.63, 3.8) is 0 Å². The van der Waals surface area contributed by atoms with Crippen LogP contribution in [-0.2, 0) is 14.8 Å². The van der Waals surface area contributed by atoms with Gasteiger partial charge in [0.1, 0.15) is 10.7 Å². The third-order valence-electron chi connectivity index (χ3n) is 2.48. The number of aliphatic carboxylic acids is 1. The van der Waals surface area contributed by atoms with Crippen molar-refractivity contribution in [1.82, 2.24) is 15.2 Å². The summed E-state index contributed by atoms with van der Waals surface area (Å²) in [7, 11) is -3.80. The number of aromatic nitrogens is 3. The van der Waals surface area contributed by atoms with E-state index in [-0.39, 0.29) is 10.7 Å². The highest BCUT2D eigenvalue weighted by atomic mass is 32.2. The van der Waals surface area contributed by atoms with Crippen molar-refractivity contribution in [2.75, 3.05) is 4.72 Å². The molecular formula is C12H12N4O4S. The monoisotopic (exact) mass is 308 g/mol. The zero-order chi connectivity index (χ0) is 15.5. The minimum absolute atomic E-state index is 0.0239. The molecule has 0 unspecified atom stereocenters. The number of sulfonamides is 1. The summed E-state index contributed by atoms with van der Waals surface area (Å²) in [5, 5.41) is 14.7. The molecule has 8 nitrogen and oxygen atoms in total. The number of hydrogen-bond acceptors (Lipinski definition) is 5. The Morgan fingerprint density at radius 1 is 1.43 bits per heavy atom. The van der Waals surface area contributed by atoms with Crippen LogP contribution in [0.2, 0.25) is 0 Å². The third kappa shape index (κ3) is 3.66. The molecule has 0 radical (unpaired) electrons. The topological polar surface area (TPSA) is 125 Å². The fourth-order valence-corrected chi connectivity index (χ4v) is 2.70. The first kappa shape index (κ1) is 14.7. The fraction of sp³-hybridized carbons (Fsp3) is 0.0833. The highest BCUT2D eigenvalue weighted by Crippen LogP contribution is 2.16. The third-order valence-corrected chi connectivity index (χ3v) is 3.95. The molecule has 9 heteroatoms. The molecule has 0 fully saturated rings. The van der Waals surface area contributed by atoms with Gasteiger partial charge in [0.2, 0.25) is 0 Å². The maximum Gasteiger partial charge on any atom is 0.328 e. The Labute approximate surface area is 120 Å². The Bertz CT molecular complexity index is 795. The first-order valence-corrected chi connectivity index (χ1v) is 7.27. The van der Waals surface area contributed by atoms with Crippen molar-refractivity contribution in [2.24, 2.45) is 0 Å². The normalized spacial score (nSPS) is 11.7. The van der Waals surface area contributed by atoms with Crippen LogP contribution in [0.5, 0.6) is 0 Å². The molecule has 0 atom stereocenters.